The van der Waals surface area contributed by atoms with Crippen LogP contribution in [0.4, 0.5) is 0 Å². The van der Waals surface area contributed by atoms with Crippen LogP contribution in [0.15, 0.2) is 24.3 Å². The Hall–Kier alpha value is -1.83. The number of piperidine rings is 1. The predicted octanol–water partition coefficient (Wildman–Crippen LogP) is 1.49. The molecule has 118 valence electrons. The minimum Gasteiger partial charge on any atom is -0.387 e. The van der Waals surface area contributed by atoms with E-state index in [9.17, 15) is 9.90 Å². The number of carbonyl (C=O) groups is 1. The van der Waals surface area contributed by atoms with Gasteiger partial charge < -0.3 is 10.4 Å². The van der Waals surface area contributed by atoms with Gasteiger partial charge in [-0.15, -0.1) is 6.42 Å². The van der Waals surface area contributed by atoms with Gasteiger partial charge >= 0.3 is 0 Å². The SMILES string of the molecule is C#CCN1CCC(C(=O)NCC(O)c2ccccc2C)CC1. The predicted molar refractivity (Wildman–Crippen MR) is 87.1 cm³/mol. The number of hydrogen-bond acceptors (Lipinski definition) is 3. The van der Waals surface area contributed by atoms with Crippen LogP contribution in [0.3, 0.4) is 0 Å². The summed E-state index contributed by atoms with van der Waals surface area (Å²) in [6.07, 6.45) is 6.30. The number of rotatable bonds is 5. The van der Waals surface area contributed by atoms with Gasteiger partial charge in [0.2, 0.25) is 5.91 Å². The second kappa shape index (κ2) is 7.98. The van der Waals surface area contributed by atoms with Crippen LogP contribution in [0, 0.1) is 25.2 Å². The Balaban J connectivity index is 1.79. The van der Waals surface area contributed by atoms with E-state index in [0.29, 0.717) is 6.54 Å². The first-order chi connectivity index (χ1) is 10.6. The van der Waals surface area contributed by atoms with E-state index in [1.807, 2.05) is 31.2 Å². The first-order valence-corrected chi connectivity index (χ1v) is 7.79. The van der Waals surface area contributed by atoms with Crippen molar-refractivity contribution in [3.63, 3.8) is 0 Å². The number of benzene rings is 1. The average molecular weight is 300 g/mol. The fourth-order valence-electron chi connectivity index (χ4n) is 2.89. The van der Waals surface area contributed by atoms with Crippen molar-refractivity contribution in [2.24, 2.45) is 5.92 Å². The number of aryl methyl sites for hydroxylation is 1. The Morgan fingerprint density at radius 3 is 2.77 bits per heavy atom. The van der Waals surface area contributed by atoms with E-state index in [2.05, 4.69) is 16.1 Å². The molecule has 1 fully saturated rings. The van der Waals surface area contributed by atoms with Gasteiger partial charge in [-0.1, -0.05) is 30.2 Å². The van der Waals surface area contributed by atoms with Gasteiger partial charge in [-0.25, -0.2) is 0 Å². The molecule has 22 heavy (non-hydrogen) atoms. The summed E-state index contributed by atoms with van der Waals surface area (Å²) in [6.45, 7) is 4.60. The summed E-state index contributed by atoms with van der Waals surface area (Å²) in [5, 5.41) is 13.1. The maximum Gasteiger partial charge on any atom is 0.223 e. The molecule has 4 heteroatoms. The number of nitrogens with zero attached hydrogens (tertiary/aromatic N) is 1. The zero-order chi connectivity index (χ0) is 15.9. The van der Waals surface area contributed by atoms with Crippen molar-refractivity contribution in [2.45, 2.75) is 25.9 Å². The third-order valence-electron chi connectivity index (χ3n) is 4.29. The third kappa shape index (κ3) is 4.33. The molecule has 0 aliphatic carbocycles. The number of hydrogen-bond donors (Lipinski definition) is 2. The lowest BCUT2D eigenvalue weighted by Gasteiger charge is -2.30. The van der Waals surface area contributed by atoms with Crippen molar-refractivity contribution in [3.8, 4) is 12.3 Å². The Morgan fingerprint density at radius 1 is 1.45 bits per heavy atom. The molecule has 1 saturated heterocycles. The summed E-state index contributed by atoms with van der Waals surface area (Å²) in [4.78, 5) is 14.4. The highest BCUT2D eigenvalue weighted by Gasteiger charge is 2.24. The van der Waals surface area contributed by atoms with Crippen LogP contribution in [0.25, 0.3) is 0 Å². The summed E-state index contributed by atoms with van der Waals surface area (Å²) >= 11 is 0. The fourth-order valence-corrected chi connectivity index (χ4v) is 2.89. The third-order valence-corrected chi connectivity index (χ3v) is 4.29. The molecule has 2 N–H and O–H groups in total. The molecule has 0 bridgehead atoms. The Morgan fingerprint density at radius 2 is 2.14 bits per heavy atom. The monoisotopic (exact) mass is 300 g/mol. The molecule has 4 nitrogen and oxygen atoms in total. The van der Waals surface area contributed by atoms with Gasteiger partial charge in [0.1, 0.15) is 0 Å². The minimum absolute atomic E-state index is 0.0260. The summed E-state index contributed by atoms with van der Waals surface area (Å²) in [6, 6.07) is 7.69. The normalized spacial score (nSPS) is 17.7. The van der Waals surface area contributed by atoms with E-state index in [1.165, 1.54) is 0 Å². The number of amides is 1. The number of aliphatic hydroxyl groups excluding tert-OH is 1. The van der Waals surface area contributed by atoms with E-state index in [4.69, 9.17) is 6.42 Å². The van der Waals surface area contributed by atoms with Crippen molar-refractivity contribution in [2.75, 3.05) is 26.2 Å². The molecule has 1 aromatic rings. The molecule has 1 atom stereocenters. The van der Waals surface area contributed by atoms with Gasteiger partial charge in [-0.05, 0) is 44.0 Å². The second-order valence-electron chi connectivity index (χ2n) is 5.87. The zero-order valence-corrected chi connectivity index (χ0v) is 13.1. The quantitative estimate of drug-likeness (QED) is 0.810. The highest BCUT2D eigenvalue weighted by Crippen LogP contribution is 2.19. The van der Waals surface area contributed by atoms with Gasteiger partial charge in [-0.3, -0.25) is 9.69 Å². The summed E-state index contributed by atoms with van der Waals surface area (Å²) in [5.74, 6) is 2.70. The lowest BCUT2D eigenvalue weighted by molar-refractivity contribution is -0.126. The molecule has 1 aliphatic rings. The Labute approximate surface area is 132 Å². The number of aliphatic hydroxyl groups is 1. The average Bonchev–Trinajstić information content (AvgIpc) is 2.54. The molecule has 1 aliphatic heterocycles. The van der Waals surface area contributed by atoms with Crippen LogP contribution in [0.5, 0.6) is 0 Å². The maximum absolute atomic E-state index is 12.2. The molecule has 1 amide bonds. The van der Waals surface area contributed by atoms with Gasteiger partial charge in [-0.2, -0.15) is 0 Å². The zero-order valence-electron chi connectivity index (χ0n) is 13.1. The van der Waals surface area contributed by atoms with Crippen LogP contribution in [0.2, 0.25) is 0 Å². The number of carbonyl (C=O) groups excluding carboxylic acids is 1. The van der Waals surface area contributed by atoms with Crippen LogP contribution >= 0.6 is 0 Å². The van der Waals surface area contributed by atoms with Crippen LogP contribution in [-0.2, 0) is 4.79 Å². The first kappa shape index (κ1) is 16.5. The van der Waals surface area contributed by atoms with E-state index >= 15 is 0 Å². The summed E-state index contributed by atoms with van der Waals surface area (Å²) in [7, 11) is 0. The van der Waals surface area contributed by atoms with Crippen LogP contribution in [-0.4, -0.2) is 42.1 Å². The Bertz CT molecular complexity index is 542. The van der Waals surface area contributed by atoms with Gasteiger partial charge in [0.05, 0.1) is 12.6 Å². The number of nitrogens with one attached hydrogen (secondary N) is 1. The molecule has 0 aromatic heterocycles. The lowest BCUT2D eigenvalue weighted by Crippen LogP contribution is -2.41. The molecule has 0 radical (unpaired) electrons. The van der Waals surface area contributed by atoms with E-state index in [1.54, 1.807) is 0 Å². The van der Waals surface area contributed by atoms with E-state index in [-0.39, 0.29) is 18.4 Å². The van der Waals surface area contributed by atoms with Crippen molar-refractivity contribution < 1.29 is 9.90 Å². The lowest BCUT2D eigenvalue weighted by atomic mass is 9.95. The topological polar surface area (TPSA) is 52.6 Å². The summed E-state index contributed by atoms with van der Waals surface area (Å²) in [5.41, 5.74) is 1.90. The second-order valence-corrected chi connectivity index (χ2v) is 5.87. The van der Waals surface area contributed by atoms with Gasteiger partial charge in [0.25, 0.3) is 0 Å². The molecule has 0 spiro atoms. The largest absolute Gasteiger partial charge is 0.387 e. The molecule has 1 heterocycles. The van der Waals surface area contributed by atoms with E-state index in [0.717, 1.165) is 37.1 Å². The maximum atomic E-state index is 12.2. The van der Waals surface area contributed by atoms with Crippen LogP contribution in [0.1, 0.15) is 30.1 Å². The molecule has 0 saturated carbocycles. The smallest absolute Gasteiger partial charge is 0.223 e. The van der Waals surface area contributed by atoms with Crippen molar-refractivity contribution in [1.29, 1.82) is 0 Å². The standard InChI is InChI=1S/C18H24N2O2/c1-3-10-20-11-8-15(9-12-20)18(22)19-13-17(21)16-7-5-4-6-14(16)2/h1,4-7,15,17,21H,8-13H2,2H3,(H,19,22). The molecule has 2 rings (SSSR count). The summed E-state index contributed by atoms with van der Waals surface area (Å²) < 4.78 is 0. The molecular formula is C18H24N2O2. The van der Waals surface area contributed by atoms with Crippen molar-refractivity contribution in [3.05, 3.63) is 35.4 Å². The highest BCUT2D eigenvalue weighted by molar-refractivity contribution is 5.78. The molecular weight excluding hydrogens is 276 g/mol. The van der Waals surface area contributed by atoms with Crippen LogP contribution < -0.4 is 5.32 Å². The van der Waals surface area contributed by atoms with Gasteiger partial charge in [0.15, 0.2) is 0 Å². The molecule has 1 aromatic carbocycles. The Kier molecular flexibility index (Phi) is 6.00. The minimum atomic E-state index is -0.660. The number of terminal acetylenes is 1. The van der Waals surface area contributed by atoms with Crippen molar-refractivity contribution in [1.82, 2.24) is 10.2 Å². The van der Waals surface area contributed by atoms with E-state index < -0.39 is 6.10 Å². The van der Waals surface area contributed by atoms with Gasteiger partial charge in [0, 0.05) is 12.5 Å². The molecule has 1 unspecified atom stereocenters. The first-order valence-electron chi connectivity index (χ1n) is 7.79. The fraction of sp³-hybridized carbons (Fsp3) is 0.500. The highest BCUT2D eigenvalue weighted by atomic mass is 16.3. The number of likely N-dealkylation sites (tertiary alicyclic amines) is 1. The van der Waals surface area contributed by atoms with Crippen molar-refractivity contribution >= 4 is 5.91 Å².